The van der Waals surface area contributed by atoms with Crippen molar-refractivity contribution >= 4 is 43.5 Å². The molecule has 11 rings (SSSR count). The van der Waals surface area contributed by atoms with Crippen molar-refractivity contribution in [1.82, 2.24) is 9.97 Å². The molecule has 0 fully saturated rings. The molecule has 0 aliphatic rings. The Kier molecular flexibility index (Phi) is 7.82. The Hall–Kier alpha value is -7.62. The molecule has 0 spiro atoms. The van der Waals surface area contributed by atoms with Crippen LogP contribution in [0.3, 0.4) is 0 Å². The Morgan fingerprint density at radius 3 is 1.74 bits per heavy atom. The van der Waals surface area contributed by atoms with E-state index in [0.29, 0.717) is 5.82 Å². The molecular formula is C54H34N2O. The van der Waals surface area contributed by atoms with Crippen molar-refractivity contribution in [3.63, 3.8) is 0 Å². The van der Waals surface area contributed by atoms with E-state index in [9.17, 15) is 0 Å². The maximum atomic E-state index is 6.23. The van der Waals surface area contributed by atoms with Crippen molar-refractivity contribution in [3.8, 4) is 67.3 Å². The molecule has 0 aliphatic carbocycles. The third-order valence-electron chi connectivity index (χ3n) is 11.1. The van der Waals surface area contributed by atoms with Crippen molar-refractivity contribution < 1.29 is 4.42 Å². The summed E-state index contributed by atoms with van der Waals surface area (Å²) in [5, 5.41) is 7.04. The first-order chi connectivity index (χ1) is 28.2. The Morgan fingerprint density at radius 1 is 0.281 bits per heavy atom. The number of benzene rings is 9. The number of rotatable bonds is 6. The predicted octanol–water partition coefficient (Wildman–Crippen LogP) is 14.7. The second kappa shape index (κ2) is 13.6. The lowest BCUT2D eigenvalue weighted by molar-refractivity contribution is 0.669. The van der Waals surface area contributed by atoms with Gasteiger partial charge in [-0.1, -0.05) is 158 Å². The minimum Gasteiger partial charge on any atom is -0.456 e. The molecule has 11 aromatic rings. The van der Waals surface area contributed by atoms with Crippen LogP contribution >= 0.6 is 0 Å². The van der Waals surface area contributed by atoms with E-state index in [1.165, 1.54) is 27.1 Å². The van der Waals surface area contributed by atoms with E-state index in [0.717, 1.165) is 77.8 Å². The van der Waals surface area contributed by atoms with Crippen LogP contribution in [0, 0.1) is 0 Å². The molecule has 0 saturated heterocycles. The van der Waals surface area contributed by atoms with Gasteiger partial charge in [0, 0.05) is 27.5 Å². The fourth-order valence-corrected chi connectivity index (χ4v) is 8.23. The second-order valence-electron chi connectivity index (χ2n) is 14.6. The highest BCUT2D eigenvalue weighted by molar-refractivity contribution is 6.06. The average Bonchev–Trinajstić information content (AvgIpc) is 3.67. The van der Waals surface area contributed by atoms with Crippen molar-refractivity contribution in [1.29, 1.82) is 0 Å². The molecule has 2 heterocycles. The molecule has 3 heteroatoms. The highest BCUT2D eigenvalue weighted by atomic mass is 16.3. The van der Waals surface area contributed by atoms with Gasteiger partial charge in [-0.15, -0.1) is 0 Å². The normalized spacial score (nSPS) is 11.5. The summed E-state index contributed by atoms with van der Waals surface area (Å²) in [4.78, 5) is 10.6. The Bertz CT molecular complexity index is 3300. The predicted molar refractivity (Wildman–Crippen MR) is 237 cm³/mol. The van der Waals surface area contributed by atoms with Gasteiger partial charge in [-0.2, -0.15) is 0 Å². The van der Waals surface area contributed by atoms with Crippen LogP contribution in [-0.4, -0.2) is 9.97 Å². The zero-order valence-corrected chi connectivity index (χ0v) is 30.9. The Labute approximate surface area is 330 Å². The molecule has 0 saturated carbocycles. The maximum absolute atomic E-state index is 6.23. The molecule has 0 radical (unpaired) electrons. The van der Waals surface area contributed by atoms with Crippen molar-refractivity contribution in [2.45, 2.75) is 0 Å². The molecule has 0 amide bonds. The molecule has 3 nitrogen and oxygen atoms in total. The lowest BCUT2D eigenvalue weighted by Crippen LogP contribution is -1.97. The average molecular weight is 727 g/mol. The highest BCUT2D eigenvalue weighted by Crippen LogP contribution is 2.40. The molecule has 9 aromatic carbocycles. The molecular weight excluding hydrogens is 693 g/mol. The van der Waals surface area contributed by atoms with Crippen LogP contribution in [0.4, 0.5) is 0 Å². The number of para-hydroxylation sites is 1. The van der Waals surface area contributed by atoms with E-state index >= 15 is 0 Å². The quantitative estimate of drug-likeness (QED) is 0.171. The van der Waals surface area contributed by atoms with Gasteiger partial charge in [-0.3, -0.25) is 0 Å². The summed E-state index contributed by atoms with van der Waals surface area (Å²) >= 11 is 0. The summed E-state index contributed by atoms with van der Waals surface area (Å²) in [7, 11) is 0. The third kappa shape index (κ3) is 5.94. The van der Waals surface area contributed by atoms with E-state index in [2.05, 4.69) is 176 Å². The zero-order valence-electron chi connectivity index (χ0n) is 30.9. The smallest absolute Gasteiger partial charge is 0.160 e. The summed E-state index contributed by atoms with van der Waals surface area (Å²) < 4.78 is 6.23. The summed E-state index contributed by atoms with van der Waals surface area (Å²) in [5.41, 5.74) is 13.3. The number of fused-ring (bicyclic) bond motifs is 5. The van der Waals surface area contributed by atoms with Crippen LogP contribution in [0.2, 0.25) is 0 Å². The van der Waals surface area contributed by atoms with Gasteiger partial charge in [0.15, 0.2) is 5.82 Å². The molecule has 57 heavy (non-hydrogen) atoms. The molecule has 0 unspecified atom stereocenters. The first-order valence-corrected chi connectivity index (χ1v) is 19.3. The van der Waals surface area contributed by atoms with Gasteiger partial charge in [-0.25, -0.2) is 9.97 Å². The van der Waals surface area contributed by atoms with E-state index in [1.807, 2.05) is 30.3 Å². The van der Waals surface area contributed by atoms with Crippen molar-refractivity contribution in [3.05, 3.63) is 206 Å². The minimum absolute atomic E-state index is 0.680. The van der Waals surface area contributed by atoms with E-state index in [-0.39, 0.29) is 0 Å². The fourth-order valence-electron chi connectivity index (χ4n) is 8.23. The van der Waals surface area contributed by atoms with Crippen LogP contribution in [0.25, 0.3) is 111 Å². The van der Waals surface area contributed by atoms with E-state index < -0.39 is 0 Å². The molecule has 0 atom stereocenters. The first kappa shape index (κ1) is 32.8. The van der Waals surface area contributed by atoms with Crippen LogP contribution < -0.4 is 0 Å². The molecule has 0 N–H and O–H groups in total. The summed E-state index contributed by atoms with van der Waals surface area (Å²) in [6, 6.07) is 73.0. The van der Waals surface area contributed by atoms with Crippen LogP contribution in [0.1, 0.15) is 0 Å². The maximum Gasteiger partial charge on any atom is 0.160 e. The van der Waals surface area contributed by atoms with Crippen LogP contribution in [0.15, 0.2) is 211 Å². The lowest BCUT2D eigenvalue weighted by atomic mass is 9.91. The Morgan fingerprint density at radius 2 is 0.877 bits per heavy atom. The number of aromatic nitrogens is 2. The first-order valence-electron chi connectivity index (χ1n) is 19.3. The number of nitrogens with zero attached hydrogens (tertiary/aromatic N) is 2. The lowest BCUT2D eigenvalue weighted by Gasteiger charge is -2.16. The summed E-state index contributed by atoms with van der Waals surface area (Å²) in [5.74, 6) is 0.680. The van der Waals surface area contributed by atoms with E-state index in [4.69, 9.17) is 14.4 Å². The van der Waals surface area contributed by atoms with Gasteiger partial charge in [-0.05, 0) is 103 Å². The molecule has 266 valence electrons. The molecule has 0 bridgehead atoms. The summed E-state index contributed by atoms with van der Waals surface area (Å²) in [6.45, 7) is 0. The standard InChI is InChI=1S/C54H34N2O/c1-2-15-37(16-3-1)54-55-50(34-51(56-54)47-21-9-8-20-46(47)45-23-12-18-36-14-6-7-19-44(36)45)43-31-41(39-26-25-35-13-4-5-17-38(35)29-39)30-42(32-43)40-27-28-53-49(33-40)48-22-10-11-24-52(48)57-53/h1-34H. The zero-order chi connectivity index (χ0) is 37.7. The van der Waals surface area contributed by atoms with Gasteiger partial charge in [0.1, 0.15) is 11.2 Å². The van der Waals surface area contributed by atoms with Crippen molar-refractivity contribution in [2.75, 3.05) is 0 Å². The number of hydrogen-bond acceptors (Lipinski definition) is 3. The highest BCUT2D eigenvalue weighted by Gasteiger charge is 2.17. The molecule has 2 aromatic heterocycles. The topological polar surface area (TPSA) is 38.9 Å². The number of hydrogen-bond donors (Lipinski definition) is 0. The second-order valence-corrected chi connectivity index (χ2v) is 14.6. The summed E-state index contributed by atoms with van der Waals surface area (Å²) in [6.07, 6.45) is 0. The van der Waals surface area contributed by atoms with Gasteiger partial charge in [0.2, 0.25) is 0 Å². The Balaban J connectivity index is 1.15. The number of furan rings is 1. The van der Waals surface area contributed by atoms with Gasteiger partial charge in [0.05, 0.1) is 11.4 Å². The van der Waals surface area contributed by atoms with Crippen molar-refractivity contribution in [2.24, 2.45) is 0 Å². The fraction of sp³-hybridized carbons (Fsp3) is 0. The van der Waals surface area contributed by atoms with Gasteiger partial charge < -0.3 is 4.42 Å². The van der Waals surface area contributed by atoms with Gasteiger partial charge in [0.25, 0.3) is 0 Å². The minimum atomic E-state index is 0.680. The van der Waals surface area contributed by atoms with Crippen LogP contribution in [-0.2, 0) is 0 Å². The van der Waals surface area contributed by atoms with Crippen LogP contribution in [0.5, 0.6) is 0 Å². The molecule has 0 aliphatic heterocycles. The largest absolute Gasteiger partial charge is 0.456 e. The van der Waals surface area contributed by atoms with Gasteiger partial charge >= 0.3 is 0 Å². The SMILES string of the molecule is c1ccc(-c2nc(-c3cc(-c4ccc5ccccc5c4)cc(-c4ccc5oc6ccccc6c5c4)c3)cc(-c3ccccc3-c3cccc4ccccc34)n2)cc1. The monoisotopic (exact) mass is 726 g/mol. The third-order valence-corrected chi connectivity index (χ3v) is 11.1. The van der Waals surface area contributed by atoms with E-state index in [1.54, 1.807) is 0 Å².